The third-order valence-electron chi connectivity index (χ3n) is 2.46. The van der Waals surface area contributed by atoms with Gasteiger partial charge in [-0.15, -0.1) is 0 Å². The summed E-state index contributed by atoms with van der Waals surface area (Å²) in [5.74, 6) is -0.681. The summed E-state index contributed by atoms with van der Waals surface area (Å²) >= 11 is 9.93. The standard InChI is InChI=1S/C10H10ClN3O3S/c1-17-10(16)8-9(12-3-6(11)13-8)14-4-5(18)2-7(14)15/h3,5,18H,2,4H2,1H3. The number of methoxy groups -OCH3 is 1. The van der Waals surface area contributed by atoms with Crippen molar-refractivity contribution in [3.63, 3.8) is 0 Å². The molecule has 8 heteroatoms. The van der Waals surface area contributed by atoms with Crippen LogP contribution < -0.4 is 4.90 Å². The second-order valence-corrected chi connectivity index (χ2v) is 4.84. The maximum atomic E-state index is 11.8. The maximum Gasteiger partial charge on any atom is 0.360 e. The van der Waals surface area contributed by atoms with Gasteiger partial charge in [-0.2, -0.15) is 12.6 Å². The Bertz CT molecular complexity index is 511. The van der Waals surface area contributed by atoms with Gasteiger partial charge in [0.05, 0.1) is 13.3 Å². The lowest BCUT2D eigenvalue weighted by Crippen LogP contribution is -2.28. The number of halogens is 1. The van der Waals surface area contributed by atoms with Crippen LogP contribution in [0.3, 0.4) is 0 Å². The molecule has 2 heterocycles. The fourth-order valence-corrected chi connectivity index (χ4v) is 2.14. The summed E-state index contributed by atoms with van der Waals surface area (Å²) < 4.78 is 4.60. The molecule has 0 radical (unpaired) electrons. The van der Waals surface area contributed by atoms with Crippen LogP contribution in [-0.2, 0) is 9.53 Å². The van der Waals surface area contributed by atoms with Crippen molar-refractivity contribution in [3.05, 3.63) is 17.0 Å². The molecule has 1 saturated heterocycles. The van der Waals surface area contributed by atoms with E-state index in [1.54, 1.807) is 0 Å². The molecule has 6 nitrogen and oxygen atoms in total. The van der Waals surface area contributed by atoms with Crippen molar-refractivity contribution in [1.82, 2.24) is 9.97 Å². The zero-order valence-electron chi connectivity index (χ0n) is 9.46. The Hall–Kier alpha value is -1.34. The predicted molar refractivity (Wildman–Crippen MR) is 68.1 cm³/mol. The van der Waals surface area contributed by atoms with Gasteiger partial charge in [-0.05, 0) is 0 Å². The first-order chi connectivity index (χ1) is 8.52. The lowest BCUT2D eigenvalue weighted by atomic mass is 10.3. The third kappa shape index (κ3) is 2.41. The van der Waals surface area contributed by atoms with E-state index in [0.29, 0.717) is 13.0 Å². The molecule has 1 aliphatic rings. The minimum absolute atomic E-state index is 0.0632. The number of esters is 1. The first-order valence-corrected chi connectivity index (χ1v) is 6.01. The summed E-state index contributed by atoms with van der Waals surface area (Å²) in [7, 11) is 1.22. The molecule has 1 fully saturated rings. The molecular formula is C10H10ClN3O3S. The number of nitrogens with zero attached hydrogens (tertiary/aromatic N) is 3. The number of carbonyl (C=O) groups excluding carboxylic acids is 2. The fourth-order valence-electron chi connectivity index (χ4n) is 1.69. The first kappa shape index (κ1) is 13.1. The Balaban J connectivity index is 2.44. The van der Waals surface area contributed by atoms with E-state index >= 15 is 0 Å². The van der Waals surface area contributed by atoms with Crippen LogP contribution in [0.25, 0.3) is 0 Å². The average molecular weight is 288 g/mol. The van der Waals surface area contributed by atoms with E-state index in [2.05, 4.69) is 27.3 Å². The van der Waals surface area contributed by atoms with Crippen molar-refractivity contribution in [2.45, 2.75) is 11.7 Å². The molecule has 18 heavy (non-hydrogen) atoms. The summed E-state index contributed by atoms with van der Waals surface area (Å²) in [4.78, 5) is 32.6. The van der Waals surface area contributed by atoms with Crippen molar-refractivity contribution in [2.75, 3.05) is 18.6 Å². The first-order valence-electron chi connectivity index (χ1n) is 5.12. The largest absolute Gasteiger partial charge is 0.464 e. The number of amides is 1. The topological polar surface area (TPSA) is 72.4 Å². The number of aromatic nitrogens is 2. The molecule has 1 atom stereocenters. The lowest BCUT2D eigenvalue weighted by molar-refractivity contribution is -0.117. The molecule has 1 aromatic rings. The summed E-state index contributed by atoms with van der Waals surface area (Å²) in [6.45, 7) is 0.377. The average Bonchev–Trinajstić information content (AvgIpc) is 2.67. The van der Waals surface area contributed by atoms with Crippen LogP contribution in [0.5, 0.6) is 0 Å². The third-order valence-corrected chi connectivity index (χ3v) is 2.99. The van der Waals surface area contributed by atoms with E-state index in [0.717, 1.165) is 0 Å². The number of thiol groups is 1. The van der Waals surface area contributed by atoms with Crippen LogP contribution in [-0.4, -0.2) is 40.7 Å². The van der Waals surface area contributed by atoms with Gasteiger partial charge < -0.3 is 4.74 Å². The van der Waals surface area contributed by atoms with Crippen molar-refractivity contribution in [1.29, 1.82) is 0 Å². The van der Waals surface area contributed by atoms with E-state index in [4.69, 9.17) is 11.6 Å². The summed E-state index contributed by atoms with van der Waals surface area (Å²) in [5, 5.41) is -0.0197. The molecule has 1 aromatic heterocycles. The second kappa shape index (κ2) is 5.11. The number of hydrogen-bond acceptors (Lipinski definition) is 6. The van der Waals surface area contributed by atoms with Gasteiger partial charge in [-0.3, -0.25) is 9.69 Å². The highest BCUT2D eigenvalue weighted by molar-refractivity contribution is 7.81. The summed E-state index contributed by atoms with van der Waals surface area (Å²) in [6.07, 6.45) is 1.58. The van der Waals surface area contributed by atoms with Gasteiger partial charge in [0.2, 0.25) is 5.91 Å². The van der Waals surface area contributed by atoms with Crippen LogP contribution in [0.15, 0.2) is 6.20 Å². The highest BCUT2D eigenvalue weighted by atomic mass is 35.5. The van der Waals surface area contributed by atoms with Crippen molar-refractivity contribution >= 4 is 41.9 Å². The Morgan fingerprint density at radius 1 is 1.67 bits per heavy atom. The quantitative estimate of drug-likeness (QED) is 0.648. The monoisotopic (exact) mass is 287 g/mol. The SMILES string of the molecule is COC(=O)c1nc(Cl)cnc1N1CC(S)CC1=O. The van der Waals surface area contributed by atoms with Crippen LogP contribution in [0.2, 0.25) is 5.15 Å². The van der Waals surface area contributed by atoms with Gasteiger partial charge in [-0.1, -0.05) is 11.6 Å². The number of anilines is 1. The van der Waals surface area contributed by atoms with E-state index in [9.17, 15) is 9.59 Å². The number of hydrogen-bond donors (Lipinski definition) is 1. The molecule has 1 amide bonds. The van der Waals surface area contributed by atoms with Crippen LogP contribution in [0.1, 0.15) is 16.9 Å². The fraction of sp³-hybridized carbons (Fsp3) is 0.400. The summed E-state index contributed by atoms with van der Waals surface area (Å²) in [5.41, 5.74) is -0.0687. The highest BCUT2D eigenvalue weighted by Crippen LogP contribution is 2.25. The molecule has 1 aliphatic heterocycles. The maximum absolute atomic E-state index is 11.8. The highest BCUT2D eigenvalue weighted by Gasteiger charge is 2.33. The Kier molecular flexibility index (Phi) is 3.72. The van der Waals surface area contributed by atoms with Gasteiger partial charge in [0.25, 0.3) is 0 Å². The van der Waals surface area contributed by atoms with E-state index < -0.39 is 5.97 Å². The Labute approximate surface area is 114 Å². The van der Waals surface area contributed by atoms with Crippen LogP contribution in [0.4, 0.5) is 5.82 Å². The number of ether oxygens (including phenoxy) is 1. The molecule has 2 rings (SSSR count). The van der Waals surface area contributed by atoms with E-state index in [-0.39, 0.29) is 27.8 Å². The molecule has 0 N–H and O–H groups in total. The smallest absolute Gasteiger partial charge is 0.360 e. The molecule has 0 aromatic carbocycles. The molecule has 1 unspecified atom stereocenters. The van der Waals surface area contributed by atoms with Crippen molar-refractivity contribution in [3.8, 4) is 0 Å². The second-order valence-electron chi connectivity index (χ2n) is 3.72. The molecule has 0 spiro atoms. The van der Waals surface area contributed by atoms with E-state index in [1.807, 2.05) is 0 Å². The minimum Gasteiger partial charge on any atom is -0.464 e. The molecule has 0 bridgehead atoms. The Morgan fingerprint density at radius 3 is 2.94 bits per heavy atom. The van der Waals surface area contributed by atoms with Crippen LogP contribution >= 0.6 is 24.2 Å². The van der Waals surface area contributed by atoms with Gasteiger partial charge in [0.1, 0.15) is 5.15 Å². The van der Waals surface area contributed by atoms with E-state index in [1.165, 1.54) is 18.2 Å². The normalized spacial score (nSPS) is 19.2. The molecular weight excluding hydrogens is 278 g/mol. The van der Waals surface area contributed by atoms with Gasteiger partial charge in [0, 0.05) is 18.2 Å². The van der Waals surface area contributed by atoms with Gasteiger partial charge in [-0.25, -0.2) is 14.8 Å². The van der Waals surface area contributed by atoms with Crippen molar-refractivity contribution in [2.24, 2.45) is 0 Å². The molecule has 0 aliphatic carbocycles. The zero-order valence-corrected chi connectivity index (χ0v) is 11.1. The number of carbonyl (C=O) groups is 2. The minimum atomic E-state index is -0.685. The molecule has 96 valence electrons. The molecule has 0 saturated carbocycles. The Morgan fingerprint density at radius 2 is 2.39 bits per heavy atom. The number of rotatable bonds is 2. The van der Waals surface area contributed by atoms with Gasteiger partial charge >= 0.3 is 5.97 Å². The zero-order chi connectivity index (χ0) is 13.3. The van der Waals surface area contributed by atoms with Gasteiger partial charge in [0.15, 0.2) is 11.5 Å². The lowest BCUT2D eigenvalue weighted by Gasteiger charge is -2.16. The predicted octanol–water partition coefficient (Wildman–Crippen LogP) is 0.952. The van der Waals surface area contributed by atoms with Crippen molar-refractivity contribution < 1.29 is 14.3 Å². The summed E-state index contributed by atoms with van der Waals surface area (Å²) in [6, 6.07) is 0. The van der Waals surface area contributed by atoms with Crippen LogP contribution in [0, 0.1) is 0 Å².